The van der Waals surface area contributed by atoms with Crippen LogP contribution in [0.2, 0.25) is 0 Å². The third kappa shape index (κ3) is 1.88. The van der Waals surface area contributed by atoms with Crippen LogP contribution in [-0.4, -0.2) is 26.0 Å². The van der Waals surface area contributed by atoms with Crippen molar-refractivity contribution in [3.63, 3.8) is 0 Å². The first kappa shape index (κ1) is 11.9. The molecule has 20 heavy (non-hydrogen) atoms. The zero-order valence-electron chi connectivity index (χ0n) is 9.86. The van der Waals surface area contributed by atoms with Gasteiger partial charge in [-0.05, 0) is 24.3 Å². The van der Waals surface area contributed by atoms with Gasteiger partial charge in [-0.1, -0.05) is 0 Å². The quantitative estimate of drug-likeness (QED) is 0.558. The van der Waals surface area contributed by atoms with Crippen LogP contribution >= 0.6 is 0 Å². The highest BCUT2D eigenvalue weighted by Crippen LogP contribution is 2.26. The molecule has 1 aromatic carbocycles. The van der Waals surface area contributed by atoms with E-state index in [1.54, 1.807) is 6.07 Å². The lowest BCUT2D eigenvalue weighted by Crippen LogP contribution is -1.94. The van der Waals surface area contributed by atoms with Crippen molar-refractivity contribution in [2.24, 2.45) is 0 Å². The van der Waals surface area contributed by atoms with Crippen LogP contribution in [0.4, 0.5) is 5.88 Å². The predicted molar refractivity (Wildman–Crippen MR) is 67.4 cm³/mol. The van der Waals surface area contributed by atoms with Crippen LogP contribution in [0, 0.1) is 10.1 Å². The van der Waals surface area contributed by atoms with Crippen molar-refractivity contribution in [1.29, 1.82) is 0 Å². The van der Waals surface area contributed by atoms with Crippen LogP contribution < -0.4 is 0 Å². The first-order valence-corrected chi connectivity index (χ1v) is 5.52. The summed E-state index contributed by atoms with van der Waals surface area (Å²) in [5.41, 5.74) is 1.17. The summed E-state index contributed by atoms with van der Waals surface area (Å²) in [5, 5.41) is 19.5. The molecule has 0 unspecified atom stereocenters. The van der Waals surface area contributed by atoms with E-state index in [1.807, 2.05) is 0 Å². The van der Waals surface area contributed by atoms with Gasteiger partial charge in [0.2, 0.25) is 0 Å². The number of hydrogen-bond donors (Lipinski definition) is 2. The van der Waals surface area contributed by atoms with Crippen molar-refractivity contribution in [2.45, 2.75) is 0 Å². The topological polar surface area (TPSA) is 122 Å². The minimum absolute atomic E-state index is 0.112. The Kier molecular flexibility index (Phi) is 2.50. The Labute approximate surface area is 110 Å². The summed E-state index contributed by atoms with van der Waals surface area (Å²) in [6, 6.07) is 7.08. The van der Waals surface area contributed by atoms with Gasteiger partial charge in [0.1, 0.15) is 4.92 Å². The molecular weight excluding hydrogens is 266 g/mol. The molecule has 0 amide bonds. The van der Waals surface area contributed by atoms with Gasteiger partial charge in [0, 0.05) is 0 Å². The van der Waals surface area contributed by atoms with Gasteiger partial charge in [0.25, 0.3) is 0 Å². The minimum Gasteiger partial charge on any atom is -0.478 e. The Morgan fingerprint density at radius 2 is 2.15 bits per heavy atom. The molecule has 0 aliphatic carbocycles. The SMILES string of the molecule is O=C(O)c1ccc2[nH]c(-c3ccc([N+](=O)[O-])o3)nc2c1. The normalized spacial score (nSPS) is 10.8. The number of carbonyl (C=O) groups is 1. The van der Waals surface area contributed by atoms with Gasteiger partial charge < -0.3 is 14.5 Å². The summed E-state index contributed by atoms with van der Waals surface area (Å²) in [7, 11) is 0. The maximum atomic E-state index is 10.9. The molecule has 2 heterocycles. The van der Waals surface area contributed by atoms with Crippen molar-refractivity contribution < 1.29 is 19.2 Å². The summed E-state index contributed by atoms with van der Waals surface area (Å²) in [6.07, 6.45) is 0. The van der Waals surface area contributed by atoms with Crippen LogP contribution in [0.15, 0.2) is 34.7 Å². The number of nitro groups is 1. The Hall–Kier alpha value is -3.16. The van der Waals surface area contributed by atoms with E-state index >= 15 is 0 Å². The number of imidazole rings is 1. The van der Waals surface area contributed by atoms with Gasteiger partial charge >= 0.3 is 11.9 Å². The molecular formula is C12H7N3O5. The van der Waals surface area contributed by atoms with E-state index in [0.717, 1.165) is 0 Å². The number of fused-ring (bicyclic) bond motifs is 1. The molecule has 100 valence electrons. The number of aromatic nitrogens is 2. The molecule has 0 aliphatic rings. The standard InChI is InChI=1S/C12H7N3O5/c16-12(17)6-1-2-7-8(5-6)14-11(13-7)9-3-4-10(20-9)15(18)19/h1-5H,(H,13,14)(H,16,17). The summed E-state index contributed by atoms with van der Waals surface area (Å²) >= 11 is 0. The first-order chi connectivity index (χ1) is 9.54. The second-order valence-electron chi connectivity index (χ2n) is 4.02. The van der Waals surface area contributed by atoms with Crippen molar-refractivity contribution in [3.05, 3.63) is 46.0 Å². The number of H-pyrrole nitrogens is 1. The molecule has 0 saturated heterocycles. The summed E-state index contributed by atoms with van der Waals surface area (Å²) in [6.45, 7) is 0. The zero-order valence-corrected chi connectivity index (χ0v) is 9.86. The van der Waals surface area contributed by atoms with Crippen molar-refractivity contribution >= 4 is 22.9 Å². The molecule has 0 aliphatic heterocycles. The zero-order chi connectivity index (χ0) is 14.3. The van der Waals surface area contributed by atoms with Crippen LogP contribution in [-0.2, 0) is 0 Å². The number of carboxylic acids is 1. The highest BCUT2D eigenvalue weighted by molar-refractivity contribution is 5.92. The molecule has 3 aromatic rings. The summed E-state index contributed by atoms with van der Waals surface area (Å²) in [4.78, 5) is 27.9. The molecule has 8 nitrogen and oxygen atoms in total. The number of aromatic amines is 1. The van der Waals surface area contributed by atoms with Gasteiger partial charge in [0.05, 0.1) is 22.7 Å². The average Bonchev–Trinajstić information content (AvgIpc) is 3.04. The van der Waals surface area contributed by atoms with E-state index in [2.05, 4.69) is 9.97 Å². The van der Waals surface area contributed by atoms with Gasteiger partial charge in [0.15, 0.2) is 11.6 Å². The third-order valence-corrected chi connectivity index (χ3v) is 2.74. The highest BCUT2D eigenvalue weighted by Gasteiger charge is 2.16. The van der Waals surface area contributed by atoms with Crippen molar-refractivity contribution in [3.8, 4) is 11.6 Å². The fraction of sp³-hybridized carbons (Fsp3) is 0. The fourth-order valence-corrected chi connectivity index (χ4v) is 1.81. The van der Waals surface area contributed by atoms with E-state index in [-0.39, 0.29) is 17.2 Å². The van der Waals surface area contributed by atoms with Crippen LogP contribution in [0.1, 0.15) is 10.4 Å². The number of nitrogens with zero attached hydrogens (tertiary/aromatic N) is 2. The van der Waals surface area contributed by atoms with E-state index in [0.29, 0.717) is 16.9 Å². The Morgan fingerprint density at radius 1 is 1.35 bits per heavy atom. The lowest BCUT2D eigenvalue weighted by molar-refractivity contribution is -0.401. The number of benzene rings is 1. The minimum atomic E-state index is -1.05. The fourth-order valence-electron chi connectivity index (χ4n) is 1.81. The number of rotatable bonds is 3. The Bertz CT molecular complexity index is 833. The summed E-state index contributed by atoms with van der Waals surface area (Å²) < 4.78 is 5.03. The second kappa shape index (κ2) is 4.19. The van der Waals surface area contributed by atoms with Crippen LogP contribution in [0.25, 0.3) is 22.6 Å². The molecule has 2 N–H and O–H groups in total. The van der Waals surface area contributed by atoms with Crippen molar-refractivity contribution in [2.75, 3.05) is 0 Å². The van der Waals surface area contributed by atoms with Crippen LogP contribution in [0.3, 0.4) is 0 Å². The lowest BCUT2D eigenvalue weighted by Gasteiger charge is -1.92. The van der Waals surface area contributed by atoms with Gasteiger partial charge in [-0.3, -0.25) is 10.1 Å². The number of aromatic carboxylic acids is 1. The van der Waals surface area contributed by atoms with E-state index in [9.17, 15) is 14.9 Å². The smallest absolute Gasteiger partial charge is 0.433 e. The molecule has 8 heteroatoms. The number of nitrogens with one attached hydrogen (secondary N) is 1. The molecule has 0 saturated carbocycles. The molecule has 0 radical (unpaired) electrons. The lowest BCUT2D eigenvalue weighted by atomic mass is 10.2. The molecule has 0 bridgehead atoms. The van der Waals surface area contributed by atoms with E-state index in [1.165, 1.54) is 24.3 Å². The average molecular weight is 273 g/mol. The van der Waals surface area contributed by atoms with E-state index in [4.69, 9.17) is 9.52 Å². The highest BCUT2D eigenvalue weighted by atomic mass is 16.6. The first-order valence-electron chi connectivity index (χ1n) is 5.52. The largest absolute Gasteiger partial charge is 0.478 e. The molecule has 0 spiro atoms. The number of hydrogen-bond acceptors (Lipinski definition) is 5. The van der Waals surface area contributed by atoms with Crippen LogP contribution in [0.5, 0.6) is 0 Å². The number of furan rings is 1. The van der Waals surface area contributed by atoms with Crippen molar-refractivity contribution in [1.82, 2.24) is 9.97 Å². The monoisotopic (exact) mass is 273 g/mol. The molecule has 0 fully saturated rings. The van der Waals surface area contributed by atoms with E-state index < -0.39 is 10.9 Å². The summed E-state index contributed by atoms with van der Waals surface area (Å²) in [5.74, 6) is -0.919. The van der Waals surface area contributed by atoms with Gasteiger partial charge in [-0.25, -0.2) is 9.78 Å². The van der Waals surface area contributed by atoms with Gasteiger partial charge in [-0.2, -0.15) is 0 Å². The third-order valence-electron chi connectivity index (χ3n) is 2.74. The Balaban J connectivity index is 2.07. The number of carboxylic acid groups (broad SMARTS) is 1. The maximum absolute atomic E-state index is 10.9. The Morgan fingerprint density at radius 3 is 2.80 bits per heavy atom. The predicted octanol–water partition coefficient (Wildman–Crippen LogP) is 2.43. The molecule has 0 atom stereocenters. The van der Waals surface area contributed by atoms with Gasteiger partial charge in [-0.15, -0.1) is 0 Å². The maximum Gasteiger partial charge on any atom is 0.433 e. The molecule has 2 aromatic heterocycles. The molecule has 3 rings (SSSR count). The second-order valence-corrected chi connectivity index (χ2v) is 4.02.